The van der Waals surface area contributed by atoms with Gasteiger partial charge in [-0.3, -0.25) is 9.59 Å². The number of rotatable bonds is 5. The second kappa shape index (κ2) is 7.87. The summed E-state index contributed by atoms with van der Waals surface area (Å²) in [5, 5.41) is 3.04. The van der Waals surface area contributed by atoms with Crippen LogP contribution in [0.3, 0.4) is 0 Å². The molecule has 0 bridgehead atoms. The van der Waals surface area contributed by atoms with Crippen LogP contribution in [0.25, 0.3) is 0 Å². The first kappa shape index (κ1) is 18.3. The quantitative estimate of drug-likeness (QED) is 0.863. The summed E-state index contributed by atoms with van der Waals surface area (Å²) in [6, 6.07) is 5.17. The van der Waals surface area contributed by atoms with Crippen LogP contribution in [-0.4, -0.2) is 54.3 Å². The summed E-state index contributed by atoms with van der Waals surface area (Å²) in [7, 11) is 0. The summed E-state index contributed by atoms with van der Waals surface area (Å²) in [6.07, 6.45) is 5.84. The normalized spacial score (nSPS) is 20.8. The fourth-order valence-corrected chi connectivity index (χ4v) is 4.22. The smallest absolute Gasteiger partial charge is 0.241 e. The van der Waals surface area contributed by atoms with E-state index in [0.29, 0.717) is 24.7 Å². The monoisotopic (exact) mass is 373 g/mol. The molecular weight excluding hydrogens is 345 g/mol. The maximum Gasteiger partial charge on any atom is 0.241 e. The highest BCUT2D eigenvalue weighted by molar-refractivity contribution is 5.82. The highest BCUT2D eigenvalue weighted by atomic mass is 19.1. The molecule has 1 aliphatic carbocycles. The third-order valence-electron chi connectivity index (χ3n) is 6.08. The number of nitrogens with one attached hydrogen (secondary N) is 1. The van der Waals surface area contributed by atoms with E-state index in [1.54, 1.807) is 0 Å². The van der Waals surface area contributed by atoms with Crippen molar-refractivity contribution >= 4 is 17.5 Å². The summed E-state index contributed by atoms with van der Waals surface area (Å²) < 4.78 is 14.1. The SMILES string of the molecule is O=C(CNc1ccc(C2CC2)c(F)c1)N1CCC(C(=O)N2CCCC2)CC1. The molecule has 2 saturated heterocycles. The van der Waals surface area contributed by atoms with Gasteiger partial charge >= 0.3 is 0 Å². The molecule has 4 rings (SSSR count). The fraction of sp³-hybridized carbons (Fsp3) is 0.619. The number of anilines is 1. The van der Waals surface area contributed by atoms with Gasteiger partial charge in [-0.25, -0.2) is 4.39 Å². The molecule has 0 atom stereocenters. The van der Waals surface area contributed by atoms with E-state index in [-0.39, 0.29) is 30.1 Å². The van der Waals surface area contributed by atoms with Gasteiger partial charge in [-0.15, -0.1) is 0 Å². The van der Waals surface area contributed by atoms with E-state index in [9.17, 15) is 14.0 Å². The van der Waals surface area contributed by atoms with Crippen LogP contribution in [0.1, 0.15) is 50.0 Å². The lowest BCUT2D eigenvalue weighted by Crippen LogP contribution is -2.45. The summed E-state index contributed by atoms with van der Waals surface area (Å²) in [5.41, 5.74) is 1.43. The van der Waals surface area contributed by atoms with E-state index in [4.69, 9.17) is 0 Å². The number of carbonyl (C=O) groups excluding carboxylic acids is 2. The van der Waals surface area contributed by atoms with Crippen LogP contribution in [0.4, 0.5) is 10.1 Å². The van der Waals surface area contributed by atoms with E-state index in [2.05, 4.69) is 5.32 Å². The fourth-order valence-electron chi connectivity index (χ4n) is 4.22. The molecule has 27 heavy (non-hydrogen) atoms. The van der Waals surface area contributed by atoms with Gasteiger partial charge in [0.25, 0.3) is 0 Å². The maximum absolute atomic E-state index is 14.1. The molecule has 0 spiro atoms. The van der Waals surface area contributed by atoms with Crippen LogP contribution in [0, 0.1) is 11.7 Å². The van der Waals surface area contributed by atoms with Crippen LogP contribution >= 0.6 is 0 Å². The molecular formula is C21H28FN3O2. The number of carbonyl (C=O) groups is 2. The Morgan fingerprint density at radius 3 is 2.33 bits per heavy atom. The van der Waals surface area contributed by atoms with Crippen molar-refractivity contribution in [1.29, 1.82) is 0 Å². The van der Waals surface area contributed by atoms with Crippen LogP contribution in [0.2, 0.25) is 0 Å². The van der Waals surface area contributed by atoms with Crippen molar-refractivity contribution in [3.05, 3.63) is 29.6 Å². The highest BCUT2D eigenvalue weighted by Gasteiger charge is 2.31. The van der Waals surface area contributed by atoms with Gasteiger partial charge in [0.1, 0.15) is 5.82 Å². The molecule has 1 aromatic carbocycles. The minimum absolute atomic E-state index is 0.00810. The second-order valence-corrected chi connectivity index (χ2v) is 8.05. The third kappa shape index (κ3) is 4.25. The standard InChI is InChI=1S/C21H28FN3O2/c22-19-13-17(5-6-18(19)15-3-4-15)23-14-20(26)24-11-7-16(8-12-24)21(27)25-9-1-2-10-25/h5-6,13,15-16,23H,1-4,7-12,14H2. The minimum Gasteiger partial charge on any atom is -0.376 e. The molecule has 0 unspecified atom stereocenters. The highest BCUT2D eigenvalue weighted by Crippen LogP contribution is 2.41. The topological polar surface area (TPSA) is 52.7 Å². The Bertz CT molecular complexity index is 705. The molecule has 2 amide bonds. The van der Waals surface area contributed by atoms with Gasteiger partial charge in [-0.2, -0.15) is 0 Å². The molecule has 3 aliphatic rings. The summed E-state index contributed by atoms with van der Waals surface area (Å²) >= 11 is 0. The van der Waals surface area contributed by atoms with Crippen molar-refractivity contribution in [2.45, 2.75) is 44.4 Å². The van der Waals surface area contributed by atoms with Gasteiger partial charge in [-0.05, 0) is 62.1 Å². The third-order valence-corrected chi connectivity index (χ3v) is 6.08. The van der Waals surface area contributed by atoms with Gasteiger partial charge in [0.2, 0.25) is 11.8 Å². The number of likely N-dealkylation sites (tertiary alicyclic amines) is 2. The first-order valence-corrected chi connectivity index (χ1v) is 10.2. The number of piperidine rings is 1. The molecule has 2 heterocycles. The van der Waals surface area contributed by atoms with Crippen LogP contribution in [-0.2, 0) is 9.59 Å². The Hall–Kier alpha value is -2.11. The Kier molecular flexibility index (Phi) is 5.32. The second-order valence-electron chi connectivity index (χ2n) is 8.05. The molecule has 1 aromatic rings. The number of hydrogen-bond acceptors (Lipinski definition) is 3. The van der Waals surface area contributed by atoms with E-state index in [1.807, 2.05) is 21.9 Å². The van der Waals surface area contributed by atoms with Gasteiger partial charge in [0.15, 0.2) is 0 Å². The largest absolute Gasteiger partial charge is 0.376 e. The molecule has 0 aromatic heterocycles. The first-order chi connectivity index (χ1) is 13.1. The van der Waals surface area contributed by atoms with Crippen molar-refractivity contribution < 1.29 is 14.0 Å². The predicted molar refractivity (Wildman–Crippen MR) is 102 cm³/mol. The molecule has 1 N–H and O–H groups in total. The van der Waals surface area contributed by atoms with Crippen LogP contribution in [0.5, 0.6) is 0 Å². The summed E-state index contributed by atoms with van der Waals surface area (Å²) in [4.78, 5) is 28.7. The summed E-state index contributed by atoms with van der Waals surface area (Å²) in [6.45, 7) is 3.18. The minimum atomic E-state index is -0.184. The zero-order valence-corrected chi connectivity index (χ0v) is 15.8. The summed E-state index contributed by atoms with van der Waals surface area (Å²) in [5.74, 6) is 0.531. The van der Waals surface area contributed by atoms with E-state index in [1.165, 1.54) is 6.07 Å². The van der Waals surface area contributed by atoms with Crippen molar-refractivity contribution in [2.75, 3.05) is 38.0 Å². The van der Waals surface area contributed by atoms with Gasteiger partial charge < -0.3 is 15.1 Å². The number of hydrogen-bond donors (Lipinski definition) is 1. The molecule has 146 valence electrons. The van der Waals surface area contributed by atoms with Crippen molar-refractivity contribution in [3.8, 4) is 0 Å². The molecule has 3 fully saturated rings. The lowest BCUT2D eigenvalue weighted by atomic mass is 9.95. The average molecular weight is 373 g/mol. The first-order valence-electron chi connectivity index (χ1n) is 10.2. The van der Waals surface area contributed by atoms with Crippen LogP contribution in [0.15, 0.2) is 18.2 Å². The van der Waals surface area contributed by atoms with Gasteiger partial charge in [0, 0.05) is 37.8 Å². The zero-order chi connectivity index (χ0) is 18.8. The van der Waals surface area contributed by atoms with Gasteiger partial charge in [0.05, 0.1) is 6.54 Å². The van der Waals surface area contributed by atoms with Crippen molar-refractivity contribution in [1.82, 2.24) is 9.80 Å². The average Bonchev–Trinajstić information content (AvgIpc) is 3.38. The molecule has 2 aliphatic heterocycles. The Labute approximate surface area is 159 Å². The molecule has 6 heteroatoms. The lowest BCUT2D eigenvalue weighted by molar-refractivity contribution is -0.139. The Morgan fingerprint density at radius 2 is 1.70 bits per heavy atom. The van der Waals surface area contributed by atoms with Crippen molar-refractivity contribution in [3.63, 3.8) is 0 Å². The number of benzene rings is 1. The predicted octanol–water partition coefficient (Wildman–Crippen LogP) is 2.98. The van der Waals surface area contributed by atoms with Gasteiger partial charge in [-0.1, -0.05) is 6.07 Å². The molecule has 0 radical (unpaired) electrons. The zero-order valence-electron chi connectivity index (χ0n) is 15.8. The Morgan fingerprint density at radius 1 is 1.00 bits per heavy atom. The van der Waals surface area contributed by atoms with Crippen molar-refractivity contribution in [2.24, 2.45) is 5.92 Å². The van der Waals surface area contributed by atoms with Crippen LogP contribution < -0.4 is 5.32 Å². The lowest BCUT2D eigenvalue weighted by Gasteiger charge is -2.33. The maximum atomic E-state index is 14.1. The Balaban J connectivity index is 1.23. The number of halogens is 1. The van der Waals surface area contributed by atoms with E-state index < -0.39 is 0 Å². The molecule has 1 saturated carbocycles. The number of amides is 2. The molecule has 5 nitrogen and oxygen atoms in total. The van der Waals surface area contributed by atoms with E-state index >= 15 is 0 Å². The number of nitrogens with zero attached hydrogens (tertiary/aromatic N) is 2. The van der Waals surface area contributed by atoms with E-state index in [0.717, 1.165) is 57.2 Å².